The Morgan fingerprint density at radius 1 is 0.714 bits per heavy atom. The van der Waals surface area contributed by atoms with Crippen molar-refractivity contribution in [2.75, 3.05) is 6.54 Å². The highest BCUT2D eigenvalue weighted by atomic mass is 19.4. The summed E-state index contributed by atoms with van der Waals surface area (Å²) in [6.45, 7) is -1.24. The fraction of sp³-hybridized carbons (Fsp3) is 0.250. The maximum absolute atomic E-state index is 14.4. The van der Waals surface area contributed by atoms with Crippen molar-refractivity contribution in [3.05, 3.63) is 106 Å². The molecule has 0 radical (unpaired) electrons. The summed E-state index contributed by atoms with van der Waals surface area (Å²) in [5, 5.41) is 12.0. The molecule has 0 spiro atoms. The Bertz CT molecular complexity index is 1160. The molecule has 0 aliphatic carbocycles. The zero-order chi connectivity index (χ0) is 26.0. The van der Waals surface area contributed by atoms with Crippen LogP contribution in [0.2, 0.25) is 0 Å². The number of aliphatic hydroxyl groups excluding tert-OH is 1. The third-order valence-electron chi connectivity index (χ3n) is 5.42. The highest BCUT2D eigenvalue weighted by Crippen LogP contribution is 2.39. The SMILES string of the molecule is OC(CN[C@@](Cc1ccccc1)(c1cc(F)cc(C(F)(F)F)c1)c1ccc(F)c(F)c1)C(F)(F)F. The first-order chi connectivity index (χ1) is 16.2. The first-order valence-electron chi connectivity index (χ1n) is 10.1. The summed E-state index contributed by atoms with van der Waals surface area (Å²) in [4.78, 5) is 0. The minimum absolute atomic E-state index is 0.201. The molecule has 3 aromatic carbocycles. The van der Waals surface area contributed by atoms with Gasteiger partial charge in [-0.15, -0.1) is 0 Å². The largest absolute Gasteiger partial charge is 0.416 e. The van der Waals surface area contributed by atoms with Crippen molar-refractivity contribution < 1.29 is 44.6 Å². The Hall–Kier alpha value is -3.05. The van der Waals surface area contributed by atoms with E-state index < -0.39 is 65.5 Å². The second kappa shape index (κ2) is 9.90. The number of nitrogens with one attached hydrogen (secondary N) is 1. The standard InChI is InChI=1S/C24H18F9NO/c25-18-9-16(8-17(10-18)23(28,29)30)22(12-14-4-2-1-3-5-14,34-13-21(35)24(31,32)33)15-6-7-19(26)20(27)11-15/h1-11,21,34-35H,12-13H2/t21?,22-/m1/s1. The minimum atomic E-state index is -5.10. The van der Waals surface area contributed by atoms with Gasteiger partial charge in [-0.1, -0.05) is 36.4 Å². The Kier molecular flexibility index (Phi) is 7.51. The van der Waals surface area contributed by atoms with E-state index in [1.165, 1.54) is 12.1 Å². The van der Waals surface area contributed by atoms with Gasteiger partial charge in [-0.25, -0.2) is 13.2 Å². The lowest BCUT2D eigenvalue weighted by Crippen LogP contribution is -2.51. The van der Waals surface area contributed by atoms with Crippen molar-refractivity contribution >= 4 is 0 Å². The van der Waals surface area contributed by atoms with Gasteiger partial charge in [0.15, 0.2) is 17.7 Å². The number of rotatable bonds is 7. The van der Waals surface area contributed by atoms with Crippen molar-refractivity contribution in [2.24, 2.45) is 0 Å². The van der Waals surface area contributed by atoms with Crippen LogP contribution < -0.4 is 5.32 Å². The topological polar surface area (TPSA) is 32.3 Å². The Morgan fingerprint density at radius 3 is 1.91 bits per heavy atom. The highest BCUT2D eigenvalue weighted by molar-refractivity contribution is 5.44. The van der Waals surface area contributed by atoms with Crippen LogP contribution >= 0.6 is 0 Å². The van der Waals surface area contributed by atoms with Crippen LogP contribution in [0.3, 0.4) is 0 Å². The van der Waals surface area contributed by atoms with Crippen molar-refractivity contribution in [3.8, 4) is 0 Å². The molecule has 188 valence electrons. The monoisotopic (exact) mass is 507 g/mol. The fourth-order valence-electron chi connectivity index (χ4n) is 3.69. The van der Waals surface area contributed by atoms with Gasteiger partial charge in [0.1, 0.15) is 5.82 Å². The van der Waals surface area contributed by atoms with Gasteiger partial charge in [-0.3, -0.25) is 0 Å². The molecule has 2 nitrogen and oxygen atoms in total. The van der Waals surface area contributed by atoms with Crippen molar-refractivity contribution in [1.82, 2.24) is 5.32 Å². The zero-order valence-electron chi connectivity index (χ0n) is 17.7. The van der Waals surface area contributed by atoms with E-state index in [1.54, 1.807) is 18.2 Å². The smallest absolute Gasteiger partial charge is 0.382 e. The molecule has 1 unspecified atom stereocenters. The summed E-state index contributed by atoms with van der Waals surface area (Å²) < 4.78 is 122. The first-order valence-corrected chi connectivity index (χ1v) is 10.1. The van der Waals surface area contributed by atoms with E-state index >= 15 is 0 Å². The molecule has 11 heteroatoms. The van der Waals surface area contributed by atoms with E-state index in [9.17, 15) is 44.6 Å². The molecule has 0 saturated carbocycles. The Morgan fingerprint density at radius 2 is 1.34 bits per heavy atom. The van der Waals surface area contributed by atoms with Crippen LogP contribution in [-0.2, 0) is 18.1 Å². The van der Waals surface area contributed by atoms with Gasteiger partial charge in [0.25, 0.3) is 0 Å². The summed E-state index contributed by atoms with van der Waals surface area (Å²) in [6.07, 6.45) is -13.5. The van der Waals surface area contributed by atoms with Crippen LogP contribution in [0.15, 0.2) is 66.7 Å². The molecule has 0 heterocycles. The van der Waals surface area contributed by atoms with Crippen molar-refractivity contribution in [3.63, 3.8) is 0 Å². The normalized spacial score (nSPS) is 15.0. The van der Waals surface area contributed by atoms with Crippen LogP contribution in [0.25, 0.3) is 0 Å². The van der Waals surface area contributed by atoms with Gasteiger partial charge in [0.05, 0.1) is 11.1 Å². The molecular formula is C24H18F9NO. The summed E-state index contributed by atoms with van der Waals surface area (Å²) in [5.41, 5.74) is -4.00. The molecular weight excluding hydrogens is 489 g/mol. The van der Waals surface area contributed by atoms with Gasteiger partial charge in [-0.05, 0) is 53.4 Å². The third-order valence-corrected chi connectivity index (χ3v) is 5.42. The summed E-state index contributed by atoms with van der Waals surface area (Å²) in [6, 6.07) is 11.3. The van der Waals surface area contributed by atoms with Crippen LogP contribution in [0, 0.1) is 17.5 Å². The lowest BCUT2D eigenvalue weighted by Gasteiger charge is -2.38. The Labute approximate surface area is 194 Å². The molecule has 35 heavy (non-hydrogen) atoms. The summed E-state index contributed by atoms with van der Waals surface area (Å²) >= 11 is 0. The van der Waals surface area contributed by atoms with E-state index in [0.29, 0.717) is 29.8 Å². The summed E-state index contributed by atoms with van der Waals surface area (Å²) in [7, 11) is 0. The van der Waals surface area contributed by atoms with Crippen LogP contribution in [0.4, 0.5) is 39.5 Å². The fourth-order valence-corrected chi connectivity index (χ4v) is 3.69. The van der Waals surface area contributed by atoms with Crippen molar-refractivity contribution in [2.45, 2.75) is 30.4 Å². The number of hydrogen-bond acceptors (Lipinski definition) is 2. The van der Waals surface area contributed by atoms with Gasteiger partial charge in [-0.2, -0.15) is 26.3 Å². The molecule has 0 fully saturated rings. The van der Waals surface area contributed by atoms with Gasteiger partial charge >= 0.3 is 12.4 Å². The molecule has 0 aliphatic heterocycles. The van der Waals surface area contributed by atoms with E-state index in [4.69, 9.17) is 0 Å². The quantitative estimate of drug-likeness (QED) is 0.378. The highest BCUT2D eigenvalue weighted by Gasteiger charge is 2.43. The maximum atomic E-state index is 14.4. The van der Waals surface area contributed by atoms with Crippen molar-refractivity contribution in [1.29, 1.82) is 0 Å². The van der Waals surface area contributed by atoms with E-state index in [0.717, 1.165) is 6.07 Å². The number of alkyl halides is 6. The molecule has 3 aromatic rings. The number of halogens is 9. The minimum Gasteiger partial charge on any atom is -0.382 e. The predicted molar refractivity (Wildman–Crippen MR) is 109 cm³/mol. The molecule has 2 N–H and O–H groups in total. The Balaban J connectivity index is 2.30. The second-order valence-electron chi connectivity index (χ2n) is 7.86. The van der Waals surface area contributed by atoms with Crippen LogP contribution in [0.1, 0.15) is 22.3 Å². The summed E-state index contributed by atoms with van der Waals surface area (Å²) in [5.74, 6) is -4.09. The molecule has 0 saturated heterocycles. The van der Waals surface area contributed by atoms with Crippen LogP contribution in [-0.4, -0.2) is 23.9 Å². The van der Waals surface area contributed by atoms with E-state index in [-0.39, 0.29) is 11.6 Å². The molecule has 2 atom stereocenters. The number of aliphatic hydroxyl groups is 1. The predicted octanol–water partition coefficient (Wildman–Crippen LogP) is 6.12. The second-order valence-corrected chi connectivity index (χ2v) is 7.86. The molecule has 0 aliphatic rings. The van der Waals surface area contributed by atoms with E-state index in [2.05, 4.69) is 5.32 Å². The van der Waals surface area contributed by atoms with E-state index in [1.807, 2.05) is 0 Å². The first kappa shape index (κ1) is 26.6. The molecule has 0 bridgehead atoms. The van der Waals surface area contributed by atoms with Gasteiger partial charge < -0.3 is 10.4 Å². The average molecular weight is 507 g/mol. The van der Waals surface area contributed by atoms with Gasteiger partial charge in [0, 0.05) is 6.54 Å². The molecule has 0 aromatic heterocycles. The average Bonchev–Trinajstić information content (AvgIpc) is 2.77. The molecule has 3 rings (SSSR count). The molecule has 0 amide bonds. The van der Waals surface area contributed by atoms with Gasteiger partial charge in [0.2, 0.25) is 0 Å². The third kappa shape index (κ3) is 6.15. The lowest BCUT2D eigenvalue weighted by molar-refractivity contribution is -0.202. The van der Waals surface area contributed by atoms with Crippen LogP contribution in [0.5, 0.6) is 0 Å². The maximum Gasteiger partial charge on any atom is 0.416 e. The number of hydrogen-bond donors (Lipinski definition) is 2. The zero-order valence-corrected chi connectivity index (χ0v) is 17.7. The lowest BCUT2D eigenvalue weighted by atomic mass is 9.77. The number of benzene rings is 3.